The van der Waals surface area contributed by atoms with Crippen molar-refractivity contribution in [2.45, 2.75) is 12.8 Å². The first-order valence-electron chi connectivity index (χ1n) is 10.7. The van der Waals surface area contributed by atoms with E-state index in [2.05, 4.69) is 10.6 Å². The zero-order chi connectivity index (χ0) is 22.9. The maximum absolute atomic E-state index is 12.2. The van der Waals surface area contributed by atoms with E-state index >= 15 is 0 Å². The van der Waals surface area contributed by atoms with Crippen LogP contribution in [0.3, 0.4) is 0 Å². The molecule has 2 amide bonds. The second-order valence-corrected chi connectivity index (χ2v) is 7.57. The topological polar surface area (TPSA) is 67.4 Å². The molecule has 0 aliphatic carbocycles. The Bertz CT molecular complexity index is 1090. The van der Waals surface area contributed by atoms with Gasteiger partial charge < -0.3 is 15.4 Å². The quantitative estimate of drug-likeness (QED) is 0.365. The van der Waals surface area contributed by atoms with E-state index < -0.39 is 0 Å². The van der Waals surface area contributed by atoms with Gasteiger partial charge in [-0.3, -0.25) is 9.59 Å². The number of ether oxygens (including phenoxy) is 1. The molecule has 0 radical (unpaired) electrons. The van der Waals surface area contributed by atoms with Gasteiger partial charge in [0.2, 0.25) is 11.8 Å². The molecule has 0 aromatic heterocycles. The lowest BCUT2D eigenvalue weighted by Crippen LogP contribution is -2.14. The summed E-state index contributed by atoms with van der Waals surface area (Å²) in [5.74, 6) is 1.16. The van der Waals surface area contributed by atoms with Crippen molar-refractivity contribution in [3.8, 4) is 11.5 Å². The Kier molecular flexibility index (Phi) is 7.13. The number of carbonyl (C=O) groups is 2. The van der Waals surface area contributed by atoms with Gasteiger partial charge in [-0.15, -0.1) is 0 Å². The molecule has 0 spiro atoms. The summed E-state index contributed by atoms with van der Waals surface area (Å²) in [6, 6.07) is 33.6. The maximum atomic E-state index is 12.2. The monoisotopic (exact) mass is 436 g/mol. The molecule has 0 unspecified atom stereocenters. The molecule has 33 heavy (non-hydrogen) atoms. The van der Waals surface area contributed by atoms with Crippen LogP contribution in [0.25, 0.3) is 0 Å². The summed E-state index contributed by atoms with van der Waals surface area (Å²) in [5.41, 5.74) is 3.35. The molecule has 2 N–H and O–H groups in total. The van der Waals surface area contributed by atoms with E-state index in [0.29, 0.717) is 35.7 Å². The van der Waals surface area contributed by atoms with E-state index in [1.54, 1.807) is 48.5 Å². The first-order valence-corrected chi connectivity index (χ1v) is 10.7. The van der Waals surface area contributed by atoms with Crippen LogP contribution in [-0.2, 0) is 22.4 Å². The highest BCUT2D eigenvalue weighted by Gasteiger charge is 2.06. The number of anilines is 2. The first kappa shape index (κ1) is 21.8. The van der Waals surface area contributed by atoms with Crippen LogP contribution in [0.1, 0.15) is 11.1 Å². The molecular weight excluding hydrogens is 412 g/mol. The molecule has 0 fully saturated rings. The van der Waals surface area contributed by atoms with Crippen molar-refractivity contribution in [3.63, 3.8) is 0 Å². The van der Waals surface area contributed by atoms with Crippen LogP contribution in [0.5, 0.6) is 11.5 Å². The Morgan fingerprint density at radius 2 is 0.879 bits per heavy atom. The van der Waals surface area contributed by atoms with Crippen LogP contribution < -0.4 is 15.4 Å². The van der Waals surface area contributed by atoms with Crippen LogP contribution in [0.2, 0.25) is 0 Å². The fourth-order valence-corrected chi connectivity index (χ4v) is 3.32. The third-order valence-electron chi connectivity index (χ3n) is 4.93. The lowest BCUT2D eigenvalue weighted by molar-refractivity contribution is -0.116. The third-order valence-corrected chi connectivity index (χ3v) is 4.93. The van der Waals surface area contributed by atoms with Gasteiger partial charge in [-0.25, -0.2) is 0 Å². The summed E-state index contributed by atoms with van der Waals surface area (Å²) < 4.78 is 5.86. The normalized spacial score (nSPS) is 10.3. The van der Waals surface area contributed by atoms with E-state index in [9.17, 15) is 9.59 Å². The lowest BCUT2D eigenvalue weighted by Gasteiger charge is -2.10. The van der Waals surface area contributed by atoms with Crippen LogP contribution in [-0.4, -0.2) is 11.8 Å². The van der Waals surface area contributed by atoms with Gasteiger partial charge >= 0.3 is 0 Å². The van der Waals surface area contributed by atoms with E-state index in [1.165, 1.54) is 0 Å². The second kappa shape index (κ2) is 10.8. The summed E-state index contributed by atoms with van der Waals surface area (Å²) >= 11 is 0. The molecule has 0 aliphatic rings. The molecule has 0 saturated heterocycles. The van der Waals surface area contributed by atoms with Crippen LogP contribution in [0.4, 0.5) is 11.4 Å². The Hall–Kier alpha value is -4.38. The molecule has 0 saturated carbocycles. The van der Waals surface area contributed by atoms with Crippen molar-refractivity contribution in [2.75, 3.05) is 10.6 Å². The van der Waals surface area contributed by atoms with Crippen LogP contribution in [0.15, 0.2) is 109 Å². The third kappa shape index (κ3) is 6.80. The number of benzene rings is 4. The van der Waals surface area contributed by atoms with Crippen LogP contribution in [0, 0.1) is 0 Å². The second-order valence-electron chi connectivity index (χ2n) is 7.57. The molecule has 164 valence electrons. The van der Waals surface area contributed by atoms with Crippen molar-refractivity contribution >= 4 is 23.2 Å². The van der Waals surface area contributed by atoms with Crippen molar-refractivity contribution in [1.29, 1.82) is 0 Å². The average molecular weight is 437 g/mol. The minimum Gasteiger partial charge on any atom is -0.457 e. The van der Waals surface area contributed by atoms with Crippen LogP contribution >= 0.6 is 0 Å². The highest BCUT2D eigenvalue weighted by molar-refractivity contribution is 5.92. The Morgan fingerprint density at radius 1 is 0.515 bits per heavy atom. The fourth-order valence-electron chi connectivity index (χ4n) is 3.32. The highest BCUT2D eigenvalue weighted by Crippen LogP contribution is 2.24. The van der Waals surface area contributed by atoms with Gasteiger partial charge in [-0.1, -0.05) is 60.7 Å². The molecule has 4 rings (SSSR count). The number of carbonyl (C=O) groups excluding carboxylic acids is 2. The first-order chi connectivity index (χ1) is 16.1. The standard InChI is InChI=1S/C28H24N2O3/c31-27(19-21-7-3-1-4-8-21)29-23-11-15-25(16-12-23)33-26-17-13-24(14-18-26)30-28(32)20-22-9-5-2-6-10-22/h1-18H,19-20H2,(H,29,31)(H,30,32). The smallest absolute Gasteiger partial charge is 0.228 e. The number of amides is 2. The maximum Gasteiger partial charge on any atom is 0.228 e. The Labute approximate surface area is 193 Å². The number of hydrogen-bond donors (Lipinski definition) is 2. The predicted molar refractivity (Wildman–Crippen MR) is 131 cm³/mol. The summed E-state index contributed by atoms with van der Waals surface area (Å²) in [6.45, 7) is 0. The largest absolute Gasteiger partial charge is 0.457 e. The van der Waals surface area contributed by atoms with Gasteiger partial charge in [-0.05, 0) is 59.7 Å². The summed E-state index contributed by atoms with van der Waals surface area (Å²) in [6.07, 6.45) is 0.653. The molecule has 5 nitrogen and oxygen atoms in total. The van der Waals surface area contributed by atoms with E-state index in [0.717, 1.165) is 11.1 Å². The molecule has 5 heteroatoms. The number of rotatable bonds is 8. The molecule has 0 atom stereocenters. The molecule has 0 bridgehead atoms. The highest BCUT2D eigenvalue weighted by atomic mass is 16.5. The average Bonchev–Trinajstić information content (AvgIpc) is 2.83. The summed E-state index contributed by atoms with van der Waals surface area (Å²) in [7, 11) is 0. The SMILES string of the molecule is O=C(Cc1ccccc1)Nc1ccc(Oc2ccc(NC(=O)Cc3ccccc3)cc2)cc1. The van der Waals surface area contributed by atoms with Gasteiger partial charge in [0.25, 0.3) is 0 Å². The lowest BCUT2D eigenvalue weighted by atomic mass is 10.1. The number of nitrogens with one attached hydrogen (secondary N) is 2. The number of hydrogen-bond acceptors (Lipinski definition) is 3. The molecular formula is C28H24N2O3. The zero-order valence-electron chi connectivity index (χ0n) is 18.0. The summed E-state index contributed by atoms with van der Waals surface area (Å²) in [4.78, 5) is 24.4. The molecule has 4 aromatic rings. The molecule has 0 aliphatic heterocycles. The Balaban J connectivity index is 1.27. The zero-order valence-corrected chi connectivity index (χ0v) is 18.0. The van der Waals surface area contributed by atoms with E-state index in [4.69, 9.17) is 4.74 Å². The predicted octanol–water partition coefficient (Wildman–Crippen LogP) is 5.84. The van der Waals surface area contributed by atoms with Gasteiger partial charge in [0, 0.05) is 11.4 Å². The molecule has 0 heterocycles. The Morgan fingerprint density at radius 3 is 1.24 bits per heavy atom. The van der Waals surface area contributed by atoms with Gasteiger partial charge in [0.1, 0.15) is 11.5 Å². The molecule has 4 aromatic carbocycles. The van der Waals surface area contributed by atoms with Gasteiger partial charge in [-0.2, -0.15) is 0 Å². The van der Waals surface area contributed by atoms with Gasteiger partial charge in [0.15, 0.2) is 0 Å². The van der Waals surface area contributed by atoms with Crippen molar-refractivity contribution in [1.82, 2.24) is 0 Å². The fraction of sp³-hybridized carbons (Fsp3) is 0.0714. The van der Waals surface area contributed by atoms with Crippen molar-refractivity contribution in [3.05, 3.63) is 120 Å². The summed E-state index contributed by atoms with van der Waals surface area (Å²) in [5, 5.41) is 5.78. The van der Waals surface area contributed by atoms with E-state index in [1.807, 2.05) is 60.7 Å². The van der Waals surface area contributed by atoms with Gasteiger partial charge in [0.05, 0.1) is 12.8 Å². The van der Waals surface area contributed by atoms with Crippen molar-refractivity contribution < 1.29 is 14.3 Å². The minimum atomic E-state index is -0.0697. The van der Waals surface area contributed by atoms with Crippen molar-refractivity contribution in [2.24, 2.45) is 0 Å². The van der Waals surface area contributed by atoms with E-state index in [-0.39, 0.29) is 11.8 Å². The minimum absolute atomic E-state index is 0.0697.